The lowest BCUT2D eigenvalue weighted by molar-refractivity contribution is 0.0460. The van der Waals surface area contributed by atoms with Crippen LogP contribution in [-0.2, 0) is 4.74 Å². The second-order valence-electron chi connectivity index (χ2n) is 4.32. The Hall–Kier alpha value is -1.38. The average Bonchev–Trinajstić information content (AvgIpc) is 2.74. The maximum Gasteiger partial charge on any atom is 0.256 e. The molecule has 1 amide bonds. The van der Waals surface area contributed by atoms with Gasteiger partial charge in [0, 0.05) is 30.5 Å². The SMILES string of the molecule is CCC1CN(C(=O)c2cscc2C#N)CCCO1. The second-order valence-corrected chi connectivity index (χ2v) is 5.06. The molecule has 5 heteroatoms. The Labute approximate surface area is 111 Å². The highest BCUT2D eigenvalue weighted by atomic mass is 32.1. The number of hydrogen-bond acceptors (Lipinski definition) is 4. The molecule has 0 aromatic carbocycles. The predicted octanol–water partition coefficient (Wildman–Crippen LogP) is 2.26. The van der Waals surface area contributed by atoms with Crippen molar-refractivity contribution in [3.63, 3.8) is 0 Å². The Morgan fingerprint density at radius 3 is 3.22 bits per heavy atom. The van der Waals surface area contributed by atoms with Crippen molar-refractivity contribution in [2.24, 2.45) is 0 Å². The smallest absolute Gasteiger partial charge is 0.256 e. The minimum Gasteiger partial charge on any atom is -0.376 e. The van der Waals surface area contributed by atoms with Gasteiger partial charge in [0.25, 0.3) is 5.91 Å². The largest absolute Gasteiger partial charge is 0.376 e. The van der Waals surface area contributed by atoms with Crippen LogP contribution in [0.2, 0.25) is 0 Å². The highest BCUT2D eigenvalue weighted by molar-refractivity contribution is 7.08. The molecule has 96 valence electrons. The molecule has 18 heavy (non-hydrogen) atoms. The standard InChI is InChI=1S/C13H16N2O2S/c1-2-11-7-15(4-3-5-17-11)13(16)12-9-18-8-10(12)6-14/h8-9,11H,2-5,7H2,1H3. The summed E-state index contributed by atoms with van der Waals surface area (Å²) in [5.41, 5.74) is 1.00. The van der Waals surface area contributed by atoms with Crippen LogP contribution in [0.3, 0.4) is 0 Å². The van der Waals surface area contributed by atoms with E-state index in [0.29, 0.717) is 30.8 Å². The van der Waals surface area contributed by atoms with Gasteiger partial charge in [0.05, 0.1) is 17.2 Å². The number of rotatable bonds is 2. The Bertz CT molecular complexity index is 464. The first kappa shape index (κ1) is 13.1. The molecule has 4 nitrogen and oxygen atoms in total. The summed E-state index contributed by atoms with van der Waals surface area (Å²) < 4.78 is 5.65. The fourth-order valence-corrected chi connectivity index (χ4v) is 2.79. The lowest BCUT2D eigenvalue weighted by Crippen LogP contribution is -2.36. The maximum atomic E-state index is 12.4. The van der Waals surface area contributed by atoms with E-state index in [1.54, 1.807) is 10.8 Å². The van der Waals surface area contributed by atoms with Crippen molar-refractivity contribution in [2.75, 3.05) is 19.7 Å². The van der Waals surface area contributed by atoms with E-state index in [2.05, 4.69) is 13.0 Å². The Morgan fingerprint density at radius 2 is 2.50 bits per heavy atom. The summed E-state index contributed by atoms with van der Waals surface area (Å²) in [6, 6.07) is 2.07. The fraction of sp³-hybridized carbons (Fsp3) is 0.538. The van der Waals surface area contributed by atoms with Crippen LogP contribution in [0.5, 0.6) is 0 Å². The molecule has 1 aliphatic heterocycles. The second kappa shape index (κ2) is 5.98. The van der Waals surface area contributed by atoms with Gasteiger partial charge in [-0.2, -0.15) is 16.6 Å². The van der Waals surface area contributed by atoms with Crippen LogP contribution >= 0.6 is 11.3 Å². The minimum absolute atomic E-state index is 0.0447. The predicted molar refractivity (Wildman–Crippen MR) is 69.6 cm³/mol. The lowest BCUT2D eigenvalue weighted by atomic mass is 10.1. The number of nitrogens with zero attached hydrogens (tertiary/aromatic N) is 2. The van der Waals surface area contributed by atoms with Crippen molar-refractivity contribution < 1.29 is 9.53 Å². The van der Waals surface area contributed by atoms with Crippen molar-refractivity contribution >= 4 is 17.2 Å². The van der Waals surface area contributed by atoms with Crippen LogP contribution in [-0.4, -0.2) is 36.6 Å². The molecule has 0 radical (unpaired) electrons. The summed E-state index contributed by atoms with van der Waals surface area (Å²) in [5, 5.41) is 12.4. The molecule has 1 atom stereocenters. The first-order valence-corrected chi connectivity index (χ1v) is 7.07. The third-order valence-corrected chi connectivity index (χ3v) is 3.85. The number of amides is 1. The van der Waals surface area contributed by atoms with Crippen molar-refractivity contribution in [3.05, 3.63) is 21.9 Å². The molecule has 1 fully saturated rings. The first-order chi connectivity index (χ1) is 8.76. The Balaban J connectivity index is 2.15. The minimum atomic E-state index is -0.0447. The molecule has 1 unspecified atom stereocenters. The molecule has 2 heterocycles. The molecule has 0 spiro atoms. The van der Waals surface area contributed by atoms with E-state index in [4.69, 9.17) is 10.00 Å². The molecule has 1 aromatic rings. The van der Waals surface area contributed by atoms with Crippen LogP contribution in [0, 0.1) is 11.3 Å². The highest BCUT2D eigenvalue weighted by Gasteiger charge is 2.24. The number of ether oxygens (including phenoxy) is 1. The van der Waals surface area contributed by atoms with E-state index in [0.717, 1.165) is 12.8 Å². The summed E-state index contributed by atoms with van der Waals surface area (Å²) in [5.74, 6) is -0.0447. The lowest BCUT2D eigenvalue weighted by Gasteiger charge is -2.23. The highest BCUT2D eigenvalue weighted by Crippen LogP contribution is 2.18. The van der Waals surface area contributed by atoms with Crippen LogP contribution < -0.4 is 0 Å². The molecule has 1 aromatic heterocycles. The molecule has 0 N–H and O–H groups in total. The summed E-state index contributed by atoms with van der Waals surface area (Å²) >= 11 is 1.39. The third kappa shape index (κ3) is 2.71. The topological polar surface area (TPSA) is 53.3 Å². The maximum absolute atomic E-state index is 12.4. The van der Waals surface area contributed by atoms with E-state index >= 15 is 0 Å². The van der Waals surface area contributed by atoms with Gasteiger partial charge in [0.1, 0.15) is 6.07 Å². The molecular weight excluding hydrogens is 248 g/mol. The Morgan fingerprint density at radius 1 is 1.67 bits per heavy atom. The number of nitriles is 1. The van der Waals surface area contributed by atoms with E-state index in [1.165, 1.54) is 11.3 Å². The van der Waals surface area contributed by atoms with Gasteiger partial charge in [-0.3, -0.25) is 4.79 Å². The summed E-state index contributed by atoms with van der Waals surface area (Å²) in [7, 11) is 0. The van der Waals surface area contributed by atoms with Gasteiger partial charge in [0.15, 0.2) is 0 Å². The summed E-state index contributed by atoms with van der Waals surface area (Å²) in [4.78, 5) is 14.2. The van der Waals surface area contributed by atoms with Gasteiger partial charge < -0.3 is 9.64 Å². The molecule has 1 aliphatic rings. The van der Waals surface area contributed by atoms with E-state index in [9.17, 15) is 4.79 Å². The van der Waals surface area contributed by atoms with Crippen molar-refractivity contribution in [1.82, 2.24) is 4.90 Å². The quantitative estimate of drug-likeness (QED) is 0.823. The average molecular weight is 264 g/mol. The molecule has 2 rings (SSSR count). The van der Waals surface area contributed by atoms with Crippen LogP contribution in [0.4, 0.5) is 0 Å². The zero-order chi connectivity index (χ0) is 13.0. The van der Waals surface area contributed by atoms with E-state index in [1.807, 2.05) is 4.90 Å². The third-order valence-electron chi connectivity index (χ3n) is 3.11. The number of thiophene rings is 1. The monoisotopic (exact) mass is 264 g/mol. The van der Waals surface area contributed by atoms with Gasteiger partial charge in [-0.25, -0.2) is 0 Å². The zero-order valence-electron chi connectivity index (χ0n) is 10.4. The van der Waals surface area contributed by atoms with Gasteiger partial charge >= 0.3 is 0 Å². The molecule has 0 saturated carbocycles. The number of carbonyl (C=O) groups is 1. The molecule has 0 aliphatic carbocycles. The van der Waals surface area contributed by atoms with Gasteiger partial charge in [0.2, 0.25) is 0 Å². The fourth-order valence-electron chi connectivity index (χ4n) is 2.05. The van der Waals surface area contributed by atoms with Crippen molar-refractivity contribution in [3.8, 4) is 6.07 Å². The molecule has 1 saturated heterocycles. The van der Waals surface area contributed by atoms with E-state index < -0.39 is 0 Å². The van der Waals surface area contributed by atoms with Gasteiger partial charge in [-0.15, -0.1) is 0 Å². The number of hydrogen-bond donors (Lipinski definition) is 0. The van der Waals surface area contributed by atoms with Crippen LogP contribution in [0.1, 0.15) is 35.7 Å². The van der Waals surface area contributed by atoms with Gasteiger partial charge in [-0.1, -0.05) is 6.92 Å². The van der Waals surface area contributed by atoms with Crippen LogP contribution in [0.25, 0.3) is 0 Å². The molecular formula is C13H16N2O2S. The van der Waals surface area contributed by atoms with Crippen molar-refractivity contribution in [1.29, 1.82) is 5.26 Å². The van der Waals surface area contributed by atoms with Crippen molar-refractivity contribution in [2.45, 2.75) is 25.9 Å². The summed E-state index contributed by atoms with van der Waals surface area (Å²) in [6.45, 7) is 4.09. The number of carbonyl (C=O) groups excluding carboxylic acids is 1. The summed E-state index contributed by atoms with van der Waals surface area (Å²) in [6.07, 6.45) is 1.87. The molecule has 0 bridgehead atoms. The first-order valence-electron chi connectivity index (χ1n) is 6.13. The normalized spacial score (nSPS) is 20.2. The van der Waals surface area contributed by atoms with Crippen LogP contribution in [0.15, 0.2) is 10.8 Å². The van der Waals surface area contributed by atoms with Gasteiger partial charge in [-0.05, 0) is 12.8 Å². The zero-order valence-corrected chi connectivity index (χ0v) is 11.2. The van der Waals surface area contributed by atoms with E-state index in [-0.39, 0.29) is 12.0 Å². The Kier molecular flexibility index (Phi) is 4.34.